The third-order valence-corrected chi connectivity index (χ3v) is 2.59. The molecule has 0 aliphatic rings. The van der Waals surface area contributed by atoms with Crippen molar-refractivity contribution in [2.24, 2.45) is 5.73 Å². The molecule has 0 saturated heterocycles. The molecule has 1 aromatic carbocycles. The maximum absolute atomic E-state index is 11.7. The zero-order chi connectivity index (χ0) is 15.4. The zero-order valence-electron chi connectivity index (χ0n) is 10.7. The Morgan fingerprint density at radius 3 is 2.52 bits per heavy atom. The summed E-state index contributed by atoms with van der Waals surface area (Å²) < 4.78 is 1.16. The topological polar surface area (TPSA) is 133 Å². The summed E-state index contributed by atoms with van der Waals surface area (Å²) in [5.74, 6) is -0.962. The van der Waals surface area contributed by atoms with Gasteiger partial charge in [0.05, 0.1) is 4.92 Å². The molecule has 0 spiro atoms. The van der Waals surface area contributed by atoms with Crippen LogP contribution in [-0.4, -0.2) is 26.5 Å². The molecule has 2 aromatic rings. The Labute approximate surface area is 118 Å². The minimum absolute atomic E-state index is 0.161. The molecule has 2 rings (SSSR count). The molecular formula is C12H11N5O4. The van der Waals surface area contributed by atoms with Gasteiger partial charge in [-0.05, 0) is 24.3 Å². The third kappa shape index (κ3) is 3.62. The first kappa shape index (κ1) is 14.2. The number of anilines is 1. The van der Waals surface area contributed by atoms with Gasteiger partial charge in [-0.1, -0.05) is 0 Å². The van der Waals surface area contributed by atoms with Crippen molar-refractivity contribution in [3.05, 3.63) is 52.3 Å². The summed E-state index contributed by atoms with van der Waals surface area (Å²) in [6, 6.07) is 6.03. The van der Waals surface area contributed by atoms with Gasteiger partial charge in [-0.15, -0.1) is 0 Å². The van der Waals surface area contributed by atoms with E-state index in [0.717, 1.165) is 17.1 Å². The molecule has 0 bridgehead atoms. The van der Waals surface area contributed by atoms with Crippen LogP contribution in [0.5, 0.6) is 0 Å². The fraction of sp³-hybridized carbons (Fsp3) is 0.0833. The monoisotopic (exact) mass is 289 g/mol. The van der Waals surface area contributed by atoms with Gasteiger partial charge >= 0.3 is 5.69 Å². The highest BCUT2D eigenvalue weighted by atomic mass is 16.6. The number of hydrogen-bond donors (Lipinski definition) is 2. The SMILES string of the molecule is NC(=O)c1ccc(NC(=O)Cn2cc([N+](=O)[O-])cn2)cc1. The van der Waals surface area contributed by atoms with Crippen molar-refractivity contribution >= 4 is 23.2 Å². The highest BCUT2D eigenvalue weighted by Gasteiger charge is 2.11. The predicted octanol–water partition coefficient (Wildman–Crippen LogP) is 0.529. The molecule has 1 aromatic heterocycles. The molecule has 0 aliphatic heterocycles. The van der Waals surface area contributed by atoms with Gasteiger partial charge in [0.1, 0.15) is 18.9 Å². The maximum atomic E-state index is 11.7. The number of nitrogens with two attached hydrogens (primary N) is 1. The van der Waals surface area contributed by atoms with Crippen LogP contribution in [0.25, 0.3) is 0 Å². The second-order valence-electron chi connectivity index (χ2n) is 4.14. The molecule has 0 saturated carbocycles. The second kappa shape index (κ2) is 5.82. The summed E-state index contributed by atoms with van der Waals surface area (Å²) in [5.41, 5.74) is 5.72. The van der Waals surface area contributed by atoms with Crippen molar-refractivity contribution in [2.45, 2.75) is 6.54 Å². The Kier molecular flexibility index (Phi) is 3.93. The van der Waals surface area contributed by atoms with Crippen LogP contribution in [0, 0.1) is 10.1 Å². The van der Waals surface area contributed by atoms with Crippen molar-refractivity contribution in [1.29, 1.82) is 0 Å². The van der Waals surface area contributed by atoms with Gasteiger partial charge in [0.2, 0.25) is 11.8 Å². The van der Waals surface area contributed by atoms with Gasteiger partial charge in [0, 0.05) is 11.3 Å². The molecule has 9 nitrogen and oxygen atoms in total. The van der Waals surface area contributed by atoms with E-state index >= 15 is 0 Å². The third-order valence-electron chi connectivity index (χ3n) is 2.59. The van der Waals surface area contributed by atoms with E-state index < -0.39 is 16.7 Å². The van der Waals surface area contributed by atoms with Gasteiger partial charge in [-0.2, -0.15) is 5.10 Å². The Balaban J connectivity index is 1.97. The summed E-state index contributed by atoms with van der Waals surface area (Å²) >= 11 is 0. The minimum atomic E-state index is -0.593. The van der Waals surface area contributed by atoms with Crippen molar-refractivity contribution in [1.82, 2.24) is 9.78 Å². The van der Waals surface area contributed by atoms with Crippen LogP contribution < -0.4 is 11.1 Å². The Hall–Kier alpha value is -3.23. The molecule has 21 heavy (non-hydrogen) atoms. The maximum Gasteiger partial charge on any atom is 0.307 e. The first-order valence-electron chi connectivity index (χ1n) is 5.82. The van der Waals surface area contributed by atoms with Gasteiger partial charge in [-0.25, -0.2) is 0 Å². The highest BCUT2D eigenvalue weighted by molar-refractivity contribution is 5.94. The molecule has 3 N–H and O–H groups in total. The Morgan fingerprint density at radius 1 is 1.33 bits per heavy atom. The van der Waals surface area contributed by atoms with Crippen LogP contribution in [0.15, 0.2) is 36.7 Å². The number of hydrogen-bond acceptors (Lipinski definition) is 5. The fourth-order valence-electron chi connectivity index (χ4n) is 1.60. The number of nitro groups is 1. The van der Waals surface area contributed by atoms with Crippen molar-refractivity contribution in [3.8, 4) is 0 Å². The van der Waals surface area contributed by atoms with E-state index in [9.17, 15) is 19.7 Å². The number of primary amides is 1. The van der Waals surface area contributed by atoms with Crippen molar-refractivity contribution in [2.75, 3.05) is 5.32 Å². The molecule has 0 aliphatic carbocycles. The van der Waals surface area contributed by atoms with Crippen LogP contribution in [0.3, 0.4) is 0 Å². The molecule has 108 valence electrons. The van der Waals surface area contributed by atoms with Crippen LogP contribution in [0.4, 0.5) is 11.4 Å². The normalized spacial score (nSPS) is 10.1. The average Bonchev–Trinajstić information content (AvgIpc) is 2.87. The van der Waals surface area contributed by atoms with Gasteiger partial charge in [0.15, 0.2) is 0 Å². The second-order valence-corrected chi connectivity index (χ2v) is 4.14. The predicted molar refractivity (Wildman–Crippen MR) is 72.5 cm³/mol. The standard InChI is InChI=1S/C12H11N5O4/c13-12(19)8-1-3-9(4-2-8)15-11(18)7-16-6-10(5-14-16)17(20)21/h1-6H,7H2,(H2,13,19)(H,15,18). The lowest BCUT2D eigenvalue weighted by Gasteiger charge is -2.05. The summed E-state index contributed by atoms with van der Waals surface area (Å²) in [7, 11) is 0. The molecule has 0 atom stereocenters. The zero-order valence-corrected chi connectivity index (χ0v) is 10.7. The summed E-state index contributed by atoms with van der Waals surface area (Å²) in [6.07, 6.45) is 2.23. The van der Waals surface area contributed by atoms with E-state index in [2.05, 4.69) is 10.4 Å². The smallest absolute Gasteiger partial charge is 0.307 e. The van der Waals surface area contributed by atoms with Gasteiger partial charge in [0.25, 0.3) is 0 Å². The molecule has 0 unspecified atom stereocenters. The van der Waals surface area contributed by atoms with E-state index in [0.29, 0.717) is 11.3 Å². The van der Waals surface area contributed by atoms with Crippen LogP contribution >= 0.6 is 0 Å². The molecular weight excluding hydrogens is 278 g/mol. The van der Waals surface area contributed by atoms with Crippen molar-refractivity contribution in [3.63, 3.8) is 0 Å². The molecule has 9 heteroatoms. The number of amides is 2. The number of rotatable bonds is 5. The van der Waals surface area contributed by atoms with Crippen LogP contribution in [0.2, 0.25) is 0 Å². The number of benzene rings is 1. The molecule has 2 amide bonds. The van der Waals surface area contributed by atoms with E-state index in [-0.39, 0.29) is 12.2 Å². The summed E-state index contributed by atoms with van der Waals surface area (Å²) in [5, 5.41) is 16.8. The van der Waals surface area contributed by atoms with E-state index in [4.69, 9.17) is 5.73 Å². The quantitative estimate of drug-likeness (QED) is 0.611. The largest absolute Gasteiger partial charge is 0.366 e. The lowest BCUT2D eigenvalue weighted by atomic mass is 10.2. The number of aromatic nitrogens is 2. The summed E-state index contributed by atoms with van der Waals surface area (Å²) in [6.45, 7) is -0.161. The lowest BCUT2D eigenvalue weighted by molar-refractivity contribution is -0.385. The van der Waals surface area contributed by atoms with Crippen LogP contribution in [-0.2, 0) is 11.3 Å². The number of nitrogens with zero attached hydrogens (tertiary/aromatic N) is 3. The number of nitrogens with one attached hydrogen (secondary N) is 1. The molecule has 1 heterocycles. The first-order valence-corrected chi connectivity index (χ1v) is 5.82. The average molecular weight is 289 g/mol. The van der Waals surface area contributed by atoms with Gasteiger partial charge in [-0.3, -0.25) is 24.4 Å². The summed E-state index contributed by atoms with van der Waals surface area (Å²) in [4.78, 5) is 32.5. The Bertz CT molecular complexity index is 692. The van der Waals surface area contributed by atoms with Gasteiger partial charge < -0.3 is 11.1 Å². The number of carbonyl (C=O) groups excluding carboxylic acids is 2. The lowest BCUT2D eigenvalue weighted by Crippen LogP contribution is -2.19. The van der Waals surface area contributed by atoms with Crippen molar-refractivity contribution < 1.29 is 14.5 Å². The fourth-order valence-corrected chi connectivity index (χ4v) is 1.60. The first-order chi connectivity index (χ1) is 9.95. The van der Waals surface area contributed by atoms with Crippen LogP contribution in [0.1, 0.15) is 10.4 Å². The number of carbonyl (C=O) groups is 2. The molecule has 0 radical (unpaired) electrons. The minimum Gasteiger partial charge on any atom is -0.366 e. The highest BCUT2D eigenvalue weighted by Crippen LogP contribution is 2.10. The van der Waals surface area contributed by atoms with E-state index in [1.54, 1.807) is 0 Å². The van der Waals surface area contributed by atoms with E-state index in [1.807, 2.05) is 0 Å². The molecule has 0 fully saturated rings. The Morgan fingerprint density at radius 2 is 2.00 bits per heavy atom. The van der Waals surface area contributed by atoms with E-state index in [1.165, 1.54) is 24.3 Å².